The van der Waals surface area contributed by atoms with Crippen LogP contribution in [0.15, 0.2) is 70.1 Å². The molecule has 0 spiro atoms. The molecule has 2 nitrogen and oxygen atoms in total. The van der Waals surface area contributed by atoms with Gasteiger partial charge in [-0.25, -0.2) is 4.39 Å². The van der Waals surface area contributed by atoms with Crippen molar-refractivity contribution in [3.05, 3.63) is 92.7 Å². The Morgan fingerprint density at radius 2 is 1.96 bits per heavy atom. The lowest BCUT2D eigenvalue weighted by Crippen LogP contribution is -1.99. The van der Waals surface area contributed by atoms with Crippen LogP contribution in [0.1, 0.15) is 16.7 Å². The fourth-order valence-corrected chi connectivity index (χ4v) is 2.95. The molecule has 3 rings (SSSR count). The molecule has 0 saturated carbocycles. The minimum atomic E-state index is -0.278. The lowest BCUT2D eigenvalue weighted by atomic mass is 10.2. The minimum absolute atomic E-state index is 0.274. The molecule has 0 saturated heterocycles. The molecule has 0 aliphatic rings. The largest absolute Gasteiger partial charge is 0.488 e. The van der Waals surface area contributed by atoms with Gasteiger partial charge in [0.25, 0.3) is 0 Å². The summed E-state index contributed by atoms with van der Waals surface area (Å²) in [7, 11) is 0. The average Bonchev–Trinajstić information content (AvgIpc) is 2.62. The van der Waals surface area contributed by atoms with Crippen LogP contribution >= 0.6 is 27.5 Å². The van der Waals surface area contributed by atoms with E-state index in [1.165, 1.54) is 12.1 Å². The van der Waals surface area contributed by atoms with Crippen molar-refractivity contribution in [2.75, 3.05) is 0 Å². The number of rotatable bonds is 5. The van der Waals surface area contributed by atoms with Crippen molar-refractivity contribution in [1.29, 1.82) is 0 Å². The van der Waals surface area contributed by atoms with Crippen LogP contribution in [0, 0.1) is 12.7 Å². The zero-order chi connectivity index (χ0) is 18.5. The summed E-state index contributed by atoms with van der Waals surface area (Å²) in [6.45, 7) is 2.25. The highest BCUT2D eigenvalue weighted by Gasteiger charge is 2.05. The Kier molecular flexibility index (Phi) is 6.07. The SMILES string of the molecule is Cc1ccc(Cl)cc1N=Cc1cc(Br)ccc1OCc1cccc(F)c1. The molecule has 132 valence electrons. The fourth-order valence-electron chi connectivity index (χ4n) is 2.40. The Labute approximate surface area is 165 Å². The Bertz CT molecular complexity index is 958. The Hall–Kier alpha value is -2.17. The van der Waals surface area contributed by atoms with Gasteiger partial charge in [0, 0.05) is 21.3 Å². The topological polar surface area (TPSA) is 21.6 Å². The van der Waals surface area contributed by atoms with Gasteiger partial charge in [0.1, 0.15) is 18.2 Å². The van der Waals surface area contributed by atoms with E-state index in [1.54, 1.807) is 12.3 Å². The quantitative estimate of drug-likeness (QED) is 0.403. The third-order valence-corrected chi connectivity index (χ3v) is 4.50. The number of hydrogen-bond acceptors (Lipinski definition) is 2. The van der Waals surface area contributed by atoms with Crippen LogP contribution < -0.4 is 4.74 Å². The monoisotopic (exact) mass is 431 g/mol. The molecule has 0 unspecified atom stereocenters. The van der Waals surface area contributed by atoms with E-state index in [9.17, 15) is 4.39 Å². The van der Waals surface area contributed by atoms with Crippen molar-refractivity contribution >= 4 is 39.4 Å². The van der Waals surface area contributed by atoms with Crippen molar-refractivity contribution in [1.82, 2.24) is 0 Å². The molecule has 3 aromatic rings. The van der Waals surface area contributed by atoms with E-state index in [4.69, 9.17) is 16.3 Å². The molecule has 5 heteroatoms. The maximum atomic E-state index is 13.3. The molecule has 0 atom stereocenters. The maximum Gasteiger partial charge on any atom is 0.128 e. The molecule has 0 fully saturated rings. The summed E-state index contributed by atoms with van der Waals surface area (Å²) in [5, 5.41) is 0.638. The lowest BCUT2D eigenvalue weighted by Gasteiger charge is -2.10. The van der Waals surface area contributed by atoms with Crippen molar-refractivity contribution in [2.24, 2.45) is 4.99 Å². The summed E-state index contributed by atoms with van der Waals surface area (Å²) in [6, 6.07) is 17.6. The Morgan fingerprint density at radius 1 is 1.12 bits per heavy atom. The normalized spacial score (nSPS) is 11.1. The Balaban J connectivity index is 1.83. The third-order valence-electron chi connectivity index (χ3n) is 3.77. The van der Waals surface area contributed by atoms with E-state index >= 15 is 0 Å². The lowest BCUT2D eigenvalue weighted by molar-refractivity contribution is 0.305. The molecule has 3 aromatic carbocycles. The number of aryl methyl sites for hydroxylation is 1. The van der Waals surface area contributed by atoms with Gasteiger partial charge in [0.05, 0.1) is 5.69 Å². The van der Waals surface area contributed by atoms with Crippen LogP contribution in [0.3, 0.4) is 0 Å². The molecular weight excluding hydrogens is 417 g/mol. The molecule has 0 aliphatic carbocycles. The average molecular weight is 433 g/mol. The van der Waals surface area contributed by atoms with Gasteiger partial charge in [-0.05, 0) is 60.5 Å². The van der Waals surface area contributed by atoms with Crippen molar-refractivity contribution in [3.63, 3.8) is 0 Å². The van der Waals surface area contributed by atoms with Gasteiger partial charge in [-0.3, -0.25) is 4.99 Å². The van der Waals surface area contributed by atoms with Crippen molar-refractivity contribution in [2.45, 2.75) is 13.5 Å². The van der Waals surface area contributed by atoms with E-state index in [1.807, 2.05) is 49.4 Å². The molecule has 0 radical (unpaired) electrons. The first-order chi connectivity index (χ1) is 12.5. The van der Waals surface area contributed by atoms with Gasteiger partial charge in [-0.2, -0.15) is 0 Å². The van der Waals surface area contributed by atoms with E-state index in [0.717, 1.165) is 26.9 Å². The zero-order valence-corrected chi connectivity index (χ0v) is 16.4. The van der Waals surface area contributed by atoms with Crippen molar-refractivity contribution in [3.8, 4) is 5.75 Å². The molecule has 26 heavy (non-hydrogen) atoms. The fraction of sp³-hybridized carbons (Fsp3) is 0.0952. The maximum absolute atomic E-state index is 13.3. The predicted molar refractivity (Wildman–Crippen MR) is 108 cm³/mol. The standard InChI is InChI=1S/C21H16BrClFNO/c1-14-5-7-18(23)11-20(14)25-12-16-10-17(22)6-8-21(16)26-13-15-3-2-4-19(24)9-15/h2-12H,13H2,1H3. The molecule has 0 amide bonds. The molecular formula is C21H16BrClFNO. The van der Waals surface area contributed by atoms with Crippen molar-refractivity contribution < 1.29 is 9.13 Å². The molecule has 0 aromatic heterocycles. The summed E-state index contributed by atoms with van der Waals surface area (Å²) in [4.78, 5) is 4.54. The van der Waals surface area contributed by atoms with Crippen LogP contribution in [0.2, 0.25) is 5.02 Å². The van der Waals surface area contributed by atoms with Gasteiger partial charge in [-0.15, -0.1) is 0 Å². The van der Waals surface area contributed by atoms with E-state index in [-0.39, 0.29) is 12.4 Å². The number of nitrogens with zero attached hydrogens (tertiary/aromatic N) is 1. The number of hydrogen-bond donors (Lipinski definition) is 0. The second-order valence-corrected chi connectivity index (χ2v) is 7.14. The smallest absolute Gasteiger partial charge is 0.128 e. The van der Waals surface area contributed by atoms with E-state index < -0.39 is 0 Å². The minimum Gasteiger partial charge on any atom is -0.488 e. The first-order valence-corrected chi connectivity index (χ1v) is 9.15. The summed E-state index contributed by atoms with van der Waals surface area (Å²) in [6.07, 6.45) is 1.74. The second-order valence-electron chi connectivity index (χ2n) is 5.79. The number of benzene rings is 3. The van der Waals surface area contributed by atoms with Gasteiger partial charge in [0.15, 0.2) is 0 Å². The number of halogens is 3. The zero-order valence-electron chi connectivity index (χ0n) is 14.0. The Morgan fingerprint density at radius 3 is 2.77 bits per heavy atom. The van der Waals surface area contributed by atoms with Gasteiger partial charge in [-0.1, -0.05) is 45.7 Å². The van der Waals surface area contributed by atoms with E-state index in [2.05, 4.69) is 20.9 Å². The van der Waals surface area contributed by atoms with Crippen LogP contribution in [-0.2, 0) is 6.61 Å². The van der Waals surface area contributed by atoms with Crippen LogP contribution in [0.25, 0.3) is 0 Å². The number of aliphatic imine (C=N–C) groups is 1. The summed E-state index contributed by atoms with van der Waals surface area (Å²) < 4.78 is 20.1. The predicted octanol–water partition coefficient (Wildman–Crippen LogP) is 6.88. The second kappa shape index (κ2) is 8.47. The first-order valence-electron chi connectivity index (χ1n) is 7.98. The summed E-state index contributed by atoms with van der Waals surface area (Å²) in [5.41, 5.74) is 3.41. The molecule has 0 heterocycles. The van der Waals surface area contributed by atoms with Crippen LogP contribution in [0.4, 0.5) is 10.1 Å². The van der Waals surface area contributed by atoms with Gasteiger partial charge < -0.3 is 4.74 Å². The summed E-state index contributed by atoms with van der Waals surface area (Å²) in [5.74, 6) is 0.390. The summed E-state index contributed by atoms with van der Waals surface area (Å²) >= 11 is 9.51. The molecule has 0 bridgehead atoms. The van der Waals surface area contributed by atoms with Crippen LogP contribution in [-0.4, -0.2) is 6.21 Å². The third kappa shape index (κ3) is 4.93. The van der Waals surface area contributed by atoms with E-state index in [0.29, 0.717) is 10.8 Å². The number of ether oxygens (including phenoxy) is 1. The highest BCUT2D eigenvalue weighted by atomic mass is 79.9. The highest BCUT2D eigenvalue weighted by molar-refractivity contribution is 9.10. The highest BCUT2D eigenvalue weighted by Crippen LogP contribution is 2.26. The first kappa shape index (κ1) is 18.6. The molecule has 0 aliphatic heterocycles. The van der Waals surface area contributed by atoms with Crippen LogP contribution in [0.5, 0.6) is 5.75 Å². The van der Waals surface area contributed by atoms with Gasteiger partial charge >= 0.3 is 0 Å². The molecule has 0 N–H and O–H groups in total. The van der Waals surface area contributed by atoms with Gasteiger partial charge in [0.2, 0.25) is 0 Å².